The number of rotatable bonds is 4. The van der Waals surface area contributed by atoms with Gasteiger partial charge in [0.05, 0.1) is 16.3 Å². The highest BCUT2D eigenvalue weighted by molar-refractivity contribution is 7.92. The summed E-state index contributed by atoms with van der Waals surface area (Å²) in [6, 6.07) is 9.95. The first kappa shape index (κ1) is 16.0. The van der Waals surface area contributed by atoms with Crippen molar-refractivity contribution in [3.05, 3.63) is 53.8 Å². The predicted molar refractivity (Wildman–Crippen MR) is 82.7 cm³/mol. The number of hydrogen-bond donors (Lipinski definition) is 2. The second-order valence-electron chi connectivity index (χ2n) is 4.74. The van der Waals surface area contributed by atoms with Crippen LogP contribution < -0.4 is 10.0 Å². The van der Waals surface area contributed by atoms with Gasteiger partial charge >= 0.3 is 0 Å². The van der Waals surface area contributed by atoms with Crippen LogP contribution in [0, 0.1) is 12.7 Å². The molecule has 0 fully saturated rings. The molecule has 2 N–H and O–H groups in total. The topological polar surface area (TPSA) is 75.3 Å². The molecule has 2 aromatic rings. The summed E-state index contributed by atoms with van der Waals surface area (Å²) in [6.07, 6.45) is 0. The van der Waals surface area contributed by atoms with Gasteiger partial charge in [0.15, 0.2) is 0 Å². The van der Waals surface area contributed by atoms with Gasteiger partial charge in [-0.25, -0.2) is 12.8 Å². The molecule has 7 heteroatoms. The van der Waals surface area contributed by atoms with E-state index in [1.807, 2.05) is 0 Å². The van der Waals surface area contributed by atoms with Crippen molar-refractivity contribution in [2.24, 2.45) is 0 Å². The van der Waals surface area contributed by atoms with Crippen LogP contribution in [0.4, 0.5) is 15.8 Å². The molecule has 0 atom stereocenters. The smallest absolute Gasteiger partial charge is 0.261 e. The number of hydrogen-bond acceptors (Lipinski definition) is 3. The Hall–Kier alpha value is -2.41. The third-order valence-electron chi connectivity index (χ3n) is 2.92. The van der Waals surface area contributed by atoms with Crippen molar-refractivity contribution in [2.45, 2.75) is 18.7 Å². The number of carbonyl (C=O) groups is 1. The molecule has 0 aromatic heterocycles. The van der Waals surface area contributed by atoms with Crippen molar-refractivity contribution in [3.63, 3.8) is 0 Å². The zero-order valence-electron chi connectivity index (χ0n) is 12.1. The quantitative estimate of drug-likeness (QED) is 0.909. The lowest BCUT2D eigenvalue weighted by Crippen LogP contribution is -2.16. The van der Waals surface area contributed by atoms with Gasteiger partial charge in [-0.1, -0.05) is 12.1 Å². The minimum absolute atomic E-state index is 0.0518. The Morgan fingerprint density at radius 1 is 1.09 bits per heavy atom. The Balaban J connectivity index is 2.36. The molecule has 5 nitrogen and oxygen atoms in total. The van der Waals surface area contributed by atoms with Crippen LogP contribution >= 0.6 is 0 Å². The average Bonchev–Trinajstić information content (AvgIpc) is 2.43. The minimum atomic E-state index is -3.88. The molecule has 0 bridgehead atoms. The highest BCUT2D eigenvalue weighted by Crippen LogP contribution is 2.25. The highest BCUT2D eigenvalue weighted by atomic mass is 32.2. The molecule has 0 radical (unpaired) electrons. The number of sulfonamides is 1. The number of para-hydroxylation sites is 2. The molecule has 0 saturated carbocycles. The number of nitrogens with one attached hydrogen (secondary N) is 2. The summed E-state index contributed by atoms with van der Waals surface area (Å²) in [5, 5.41) is 2.54. The van der Waals surface area contributed by atoms with E-state index in [1.54, 1.807) is 18.2 Å². The molecule has 0 unspecified atom stereocenters. The molecular weight excluding hydrogens is 307 g/mol. The molecule has 2 aromatic carbocycles. The van der Waals surface area contributed by atoms with Gasteiger partial charge in [0.1, 0.15) is 5.82 Å². The molecule has 0 aliphatic rings. The van der Waals surface area contributed by atoms with Crippen molar-refractivity contribution in [2.75, 3.05) is 10.0 Å². The zero-order valence-corrected chi connectivity index (χ0v) is 12.9. The van der Waals surface area contributed by atoms with Crippen molar-refractivity contribution in [1.29, 1.82) is 0 Å². The van der Waals surface area contributed by atoms with E-state index in [2.05, 4.69) is 10.0 Å². The van der Waals surface area contributed by atoms with Crippen molar-refractivity contribution in [1.82, 2.24) is 0 Å². The van der Waals surface area contributed by atoms with Crippen LogP contribution in [0.5, 0.6) is 0 Å². The van der Waals surface area contributed by atoms with Gasteiger partial charge in [0, 0.05) is 6.92 Å². The standard InChI is InChI=1S/C15H15FN2O3S/c1-10-9-12(7-8-13(10)16)22(20,21)18-15-6-4-3-5-14(15)17-11(2)19/h3-9,18H,1-2H3,(H,17,19). The average molecular weight is 322 g/mol. The monoisotopic (exact) mass is 322 g/mol. The Morgan fingerprint density at radius 2 is 1.73 bits per heavy atom. The Kier molecular flexibility index (Phi) is 4.46. The van der Waals surface area contributed by atoms with Gasteiger partial charge in [-0.2, -0.15) is 0 Å². The maximum absolute atomic E-state index is 13.3. The fraction of sp³-hybridized carbons (Fsp3) is 0.133. The zero-order chi connectivity index (χ0) is 16.3. The van der Waals surface area contributed by atoms with Gasteiger partial charge in [-0.15, -0.1) is 0 Å². The second-order valence-corrected chi connectivity index (χ2v) is 6.43. The summed E-state index contributed by atoms with van der Waals surface area (Å²) in [5.41, 5.74) is 0.815. The second kappa shape index (κ2) is 6.15. The summed E-state index contributed by atoms with van der Waals surface area (Å²) >= 11 is 0. The summed E-state index contributed by atoms with van der Waals surface area (Å²) in [4.78, 5) is 11.1. The molecule has 0 heterocycles. The molecule has 0 aliphatic carbocycles. The van der Waals surface area contributed by atoms with E-state index in [9.17, 15) is 17.6 Å². The molecule has 1 amide bonds. The van der Waals surface area contributed by atoms with E-state index in [4.69, 9.17) is 0 Å². The van der Waals surface area contributed by atoms with E-state index in [1.165, 1.54) is 32.0 Å². The largest absolute Gasteiger partial charge is 0.325 e. The SMILES string of the molecule is CC(=O)Nc1ccccc1NS(=O)(=O)c1ccc(F)c(C)c1. The van der Waals surface area contributed by atoms with E-state index >= 15 is 0 Å². The fourth-order valence-corrected chi connectivity index (χ4v) is 3.02. The molecule has 0 saturated heterocycles. The summed E-state index contributed by atoms with van der Waals surface area (Å²) in [6.45, 7) is 2.81. The van der Waals surface area contributed by atoms with E-state index in [0.717, 1.165) is 6.07 Å². The van der Waals surface area contributed by atoms with Crippen molar-refractivity contribution >= 4 is 27.3 Å². The minimum Gasteiger partial charge on any atom is -0.325 e. The number of amides is 1. The Bertz CT molecular complexity index is 819. The van der Waals surface area contributed by atoms with Crippen molar-refractivity contribution < 1.29 is 17.6 Å². The van der Waals surface area contributed by atoms with Gasteiger partial charge in [-0.05, 0) is 42.8 Å². The van der Waals surface area contributed by atoms with E-state index in [-0.39, 0.29) is 22.1 Å². The maximum Gasteiger partial charge on any atom is 0.261 e. The number of aryl methyl sites for hydroxylation is 1. The third kappa shape index (κ3) is 3.62. The van der Waals surface area contributed by atoms with E-state index < -0.39 is 15.8 Å². The Labute approximate surface area is 128 Å². The first-order chi connectivity index (χ1) is 10.3. The third-order valence-corrected chi connectivity index (χ3v) is 4.28. The number of halogens is 1. The fourth-order valence-electron chi connectivity index (χ4n) is 1.86. The van der Waals surface area contributed by atoms with Crippen LogP contribution in [0.2, 0.25) is 0 Å². The van der Waals surface area contributed by atoms with Crippen LogP contribution in [0.15, 0.2) is 47.4 Å². The first-order valence-corrected chi connectivity index (χ1v) is 7.93. The molecule has 22 heavy (non-hydrogen) atoms. The summed E-state index contributed by atoms with van der Waals surface area (Å²) in [7, 11) is -3.88. The first-order valence-electron chi connectivity index (χ1n) is 6.45. The maximum atomic E-state index is 13.3. The molecule has 0 spiro atoms. The molecule has 0 aliphatic heterocycles. The number of carbonyl (C=O) groups excluding carboxylic acids is 1. The van der Waals surface area contributed by atoms with Crippen molar-refractivity contribution in [3.8, 4) is 0 Å². The lowest BCUT2D eigenvalue weighted by Gasteiger charge is -2.13. The molecular formula is C15H15FN2O3S. The predicted octanol–water partition coefficient (Wildman–Crippen LogP) is 2.89. The lowest BCUT2D eigenvalue weighted by molar-refractivity contribution is -0.114. The Morgan fingerprint density at radius 3 is 2.32 bits per heavy atom. The summed E-state index contributed by atoms with van der Waals surface area (Å²) in [5.74, 6) is -0.790. The number of benzene rings is 2. The van der Waals surface area contributed by atoms with Gasteiger partial charge in [0.25, 0.3) is 10.0 Å². The van der Waals surface area contributed by atoms with Crippen LogP contribution in [0.1, 0.15) is 12.5 Å². The highest BCUT2D eigenvalue weighted by Gasteiger charge is 2.17. The van der Waals surface area contributed by atoms with E-state index in [0.29, 0.717) is 5.69 Å². The lowest BCUT2D eigenvalue weighted by atomic mass is 10.2. The number of anilines is 2. The van der Waals surface area contributed by atoms with Gasteiger partial charge < -0.3 is 5.32 Å². The van der Waals surface area contributed by atoms with Crippen LogP contribution in [-0.4, -0.2) is 14.3 Å². The van der Waals surface area contributed by atoms with Gasteiger partial charge in [-0.3, -0.25) is 9.52 Å². The van der Waals surface area contributed by atoms with Crippen LogP contribution in [0.3, 0.4) is 0 Å². The summed E-state index contributed by atoms with van der Waals surface area (Å²) < 4.78 is 40.4. The normalized spacial score (nSPS) is 11.0. The van der Waals surface area contributed by atoms with Crippen LogP contribution in [0.25, 0.3) is 0 Å². The van der Waals surface area contributed by atoms with Crippen LogP contribution in [-0.2, 0) is 14.8 Å². The van der Waals surface area contributed by atoms with Gasteiger partial charge in [0.2, 0.25) is 5.91 Å². The molecule has 116 valence electrons. The molecule has 2 rings (SSSR count).